The summed E-state index contributed by atoms with van der Waals surface area (Å²) >= 11 is 5.77. The average molecular weight is 320 g/mol. The van der Waals surface area contributed by atoms with Gasteiger partial charge in [0.15, 0.2) is 5.03 Å². The number of alkyl halides is 1. The van der Waals surface area contributed by atoms with Crippen molar-refractivity contribution in [2.75, 3.05) is 13.1 Å². The highest BCUT2D eigenvalue weighted by atomic mass is 35.5. The second kappa shape index (κ2) is 6.91. The summed E-state index contributed by atoms with van der Waals surface area (Å²) in [5.41, 5.74) is 0.543. The number of aromatic amines is 1. The van der Waals surface area contributed by atoms with Gasteiger partial charge < -0.3 is 0 Å². The summed E-state index contributed by atoms with van der Waals surface area (Å²) in [6.45, 7) is 3.35. The molecule has 0 aliphatic carbocycles. The maximum absolute atomic E-state index is 12.6. The van der Waals surface area contributed by atoms with Gasteiger partial charge in [-0.05, 0) is 25.2 Å². The van der Waals surface area contributed by atoms with Gasteiger partial charge in [-0.2, -0.15) is 9.40 Å². The van der Waals surface area contributed by atoms with Gasteiger partial charge in [-0.15, -0.1) is 11.6 Å². The highest BCUT2D eigenvalue weighted by Gasteiger charge is 2.30. The number of nitrogens with one attached hydrogen (secondary N) is 1. The van der Waals surface area contributed by atoms with Gasteiger partial charge in [0.1, 0.15) is 0 Å². The molecule has 2 heterocycles. The molecule has 1 aromatic heterocycles. The normalized spacial score (nSPS) is 21.8. The lowest BCUT2D eigenvalue weighted by atomic mass is 9.96. The maximum atomic E-state index is 12.6. The predicted molar refractivity (Wildman–Crippen MR) is 79.2 cm³/mol. The minimum absolute atomic E-state index is 0.150. The first-order chi connectivity index (χ1) is 9.59. The Labute approximate surface area is 125 Å². The molecule has 7 heteroatoms. The lowest BCUT2D eigenvalue weighted by Crippen LogP contribution is -2.32. The van der Waals surface area contributed by atoms with Crippen LogP contribution in [0, 0.1) is 5.92 Å². The van der Waals surface area contributed by atoms with E-state index in [0.29, 0.717) is 24.6 Å². The van der Waals surface area contributed by atoms with Gasteiger partial charge in [0.05, 0.1) is 12.1 Å². The summed E-state index contributed by atoms with van der Waals surface area (Å²) in [7, 11) is -3.49. The highest BCUT2D eigenvalue weighted by molar-refractivity contribution is 7.89. The maximum Gasteiger partial charge on any atom is 0.260 e. The van der Waals surface area contributed by atoms with Gasteiger partial charge in [-0.25, -0.2) is 8.42 Å². The van der Waals surface area contributed by atoms with E-state index in [2.05, 4.69) is 17.1 Å². The van der Waals surface area contributed by atoms with Crippen LogP contribution in [-0.2, 0) is 15.9 Å². The fourth-order valence-corrected chi connectivity index (χ4v) is 4.70. The molecule has 114 valence electrons. The first-order valence-corrected chi connectivity index (χ1v) is 9.15. The monoisotopic (exact) mass is 319 g/mol. The Balaban J connectivity index is 2.14. The van der Waals surface area contributed by atoms with Crippen molar-refractivity contribution in [3.8, 4) is 0 Å². The molecular weight excluding hydrogens is 298 g/mol. The molecule has 5 nitrogen and oxygen atoms in total. The van der Waals surface area contributed by atoms with Crippen LogP contribution >= 0.6 is 11.6 Å². The molecule has 0 radical (unpaired) electrons. The second-order valence-electron chi connectivity index (χ2n) is 5.35. The molecule has 0 saturated carbocycles. The van der Waals surface area contributed by atoms with E-state index >= 15 is 0 Å². The lowest BCUT2D eigenvalue weighted by molar-refractivity contribution is 0.398. The number of rotatable bonds is 5. The molecule has 1 saturated heterocycles. The first kappa shape index (κ1) is 15.8. The Morgan fingerprint density at radius 3 is 2.95 bits per heavy atom. The molecule has 1 unspecified atom stereocenters. The van der Waals surface area contributed by atoms with E-state index in [1.165, 1.54) is 12.6 Å². The van der Waals surface area contributed by atoms with Crippen molar-refractivity contribution >= 4 is 21.6 Å². The third kappa shape index (κ3) is 3.35. The van der Waals surface area contributed by atoms with Crippen LogP contribution in [0.2, 0.25) is 0 Å². The summed E-state index contributed by atoms with van der Waals surface area (Å²) in [6, 6.07) is 0. The van der Waals surface area contributed by atoms with Crippen LogP contribution in [0.25, 0.3) is 0 Å². The van der Waals surface area contributed by atoms with Crippen molar-refractivity contribution in [1.82, 2.24) is 14.5 Å². The molecule has 0 amide bonds. The van der Waals surface area contributed by atoms with Gasteiger partial charge in [-0.1, -0.05) is 19.8 Å². The summed E-state index contributed by atoms with van der Waals surface area (Å²) in [5, 5.41) is 6.55. The molecule has 1 N–H and O–H groups in total. The molecule has 2 rings (SSSR count). The van der Waals surface area contributed by atoms with Crippen molar-refractivity contribution in [3.63, 3.8) is 0 Å². The summed E-state index contributed by atoms with van der Waals surface area (Å²) in [4.78, 5) is 0. The Bertz CT molecular complexity index is 529. The van der Waals surface area contributed by atoms with Crippen LogP contribution in [0.1, 0.15) is 44.6 Å². The van der Waals surface area contributed by atoms with E-state index in [4.69, 9.17) is 11.6 Å². The van der Waals surface area contributed by atoms with E-state index in [9.17, 15) is 8.42 Å². The van der Waals surface area contributed by atoms with Gasteiger partial charge in [0.2, 0.25) is 0 Å². The van der Waals surface area contributed by atoms with Crippen molar-refractivity contribution in [2.24, 2.45) is 5.92 Å². The fourth-order valence-electron chi connectivity index (χ4n) is 2.82. The number of hydrogen-bond acceptors (Lipinski definition) is 3. The zero-order valence-electron chi connectivity index (χ0n) is 11.8. The smallest absolute Gasteiger partial charge is 0.260 e. The summed E-state index contributed by atoms with van der Waals surface area (Å²) in [6.07, 6.45) is 6.81. The largest absolute Gasteiger partial charge is 0.266 e. The van der Waals surface area contributed by atoms with Crippen LogP contribution in [0.4, 0.5) is 0 Å². The minimum Gasteiger partial charge on any atom is -0.266 e. The lowest BCUT2D eigenvalue weighted by Gasteiger charge is -2.19. The number of halogens is 1. The Morgan fingerprint density at radius 1 is 1.45 bits per heavy atom. The fraction of sp³-hybridized carbons (Fsp3) is 0.769. The summed E-state index contributed by atoms with van der Waals surface area (Å²) < 4.78 is 26.9. The summed E-state index contributed by atoms with van der Waals surface area (Å²) in [5.74, 6) is 0.798. The molecule has 1 aliphatic rings. The Kier molecular flexibility index (Phi) is 5.46. The third-order valence-corrected chi connectivity index (χ3v) is 6.13. The van der Waals surface area contributed by atoms with Crippen LogP contribution in [0.3, 0.4) is 0 Å². The highest BCUT2D eigenvalue weighted by Crippen LogP contribution is 2.26. The van der Waals surface area contributed by atoms with Crippen molar-refractivity contribution in [2.45, 2.75) is 49.9 Å². The van der Waals surface area contributed by atoms with E-state index < -0.39 is 10.0 Å². The molecule has 1 atom stereocenters. The molecule has 20 heavy (non-hydrogen) atoms. The molecule has 0 bridgehead atoms. The van der Waals surface area contributed by atoms with E-state index in [1.54, 1.807) is 4.31 Å². The quantitative estimate of drug-likeness (QED) is 0.849. The standard InChI is InChI=1S/C13H22ClN3O2S/c1-2-4-11-5-3-7-17(8-6-11)20(18,19)13-12(9-14)10-15-16-13/h10-11H,2-9H2,1H3,(H,15,16). The molecule has 1 aromatic rings. The van der Waals surface area contributed by atoms with E-state index in [-0.39, 0.29) is 10.9 Å². The topological polar surface area (TPSA) is 66.1 Å². The molecule has 0 spiro atoms. The van der Waals surface area contributed by atoms with Crippen molar-refractivity contribution < 1.29 is 8.42 Å². The second-order valence-corrected chi connectivity index (χ2v) is 7.49. The third-order valence-electron chi connectivity index (χ3n) is 3.92. The molecular formula is C13H22ClN3O2S. The number of nitrogens with zero attached hydrogens (tertiary/aromatic N) is 2. The predicted octanol–water partition coefficient (Wildman–Crippen LogP) is 2.74. The van der Waals surface area contributed by atoms with Gasteiger partial charge in [-0.3, -0.25) is 5.10 Å². The first-order valence-electron chi connectivity index (χ1n) is 7.18. The SMILES string of the molecule is CCCC1CCCN(S(=O)(=O)c2[nH]ncc2CCl)CC1. The Morgan fingerprint density at radius 2 is 2.25 bits per heavy atom. The van der Waals surface area contributed by atoms with Crippen LogP contribution < -0.4 is 0 Å². The number of aromatic nitrogens is 2. The zero-order valence-corrected chi connectivity index (χ0v) is 13.4. The van der Waals surface area contributed by atoms with E-state index in [0.717, 1.165) is 25.7 Å². The minimum atomic E-state index is -3.49. The molecule has 1 fully saturated rings. The van der Waals surface area contributed by atoms with Crippen molar-refractivity contribution in [1.29, 1.82) is 0 Å². The van der Waals surface area contributed by atoms with E-state index in [1.807, 2.05) is 0 Å². The Hall–Kier alpha value is -0.590. The average Bonchev–Trinajstić information content (AvgIpc) is 2.79. The molecule has 0 aromatic carbocycles. The van der Waals surface area contributed by atoms with Gasteiger partial charge >= 0.3 is 0 Å². The zero-order chi connectivity index (χ0) is 14.6. The van der Waals surface area contributed by atoms with Crippen LogP contribution in [0.5, 0.6) is 0 Å². The van der Waals surface area contributed by atoms with Gasteiger partial charge in [0.25, 0.3) is 10.0 Å². The van der Waals surface area contributed by atoms with Gasteiger partial charge in [0, 0.05) is 18.7 Å². The molecule has 1 aliphatic heterocycles. The number of H-pyrrole nitrogens is 1. The van der Waals surface area contributed by atoms with Crippen molar-refractivity contribution in [3.05, 3.63) is 11.8 Å². The van der Waals surface area contributed by atoms with Crippen LogP contribution in [0.15, 0.2) is 11.2 Å². The van der Waals surface area contributed by atoms with Crippen LogP contribution in [-0.4, -0.2) is 36.0 Å². The number of hydrogen-bond donors (Lipinski definition) is 1. The number of sulfonamides is 1.